The molecule has 152 valence electrons. The van der Waals surface area contributed by atoms with Crippen LogP contribution < -0.4 is 0 Å². The van der Waals surface area contributed by atoms with Crippen molar-refractivity contribution in [2.24, 2.45) is 0 Å². The van der Waals surface area contributed by atoms with E-state index in [4.69, 9.17) is 4.98 Å². The molecular weight excluding hydrogens is 371 g/mol. The molecule has 0 radical (unpaired) electrons. The fraction of sp³-hybridized carbons (Fsp3) is 0.259. The summed E-state index contributed by atoms with van der Waals surface area (Å²) >= 11 is 0. The highest BCUT2D eigenvalue weighted by Crippen LogP contribution is 2.28. The fourth-order valence-electron chi connectivity index (χ4n) is 3.65. The Bertz CT molecular complexity index is 1060. The first-order valence-corrected chi connectivity index (χ1v) is 10.5. The second kappa shape index (κ2) is 10.5. The lowest BCUT2D eigenvalue weighted by Gasteiger charge is -2.14. The van der Waals surface area contributed by atoms with Crippen molar-refractivity contribution >= 4 is 5.57 Å². The molecule has 0 aliphatic heterocycles. The summed E-state index contributed by atoms with van der Waals surface area (Å²) in [6, 6.07) is 20.6. The molecular formula is C27H27FN2. The van der Waals surface area contributed by atoms with Crippen molar-refractivity contribution in [1.29, 1.82) is 5.26 Å². The fourth-order valence-corrected chi connectivity index (χ4v) is 3.65. The van der Waals surface area contributed by atoms with Crippen LogP contribution in [0.1, 0.15) is 55.0 Å². The maximum absolute atomic E-state index is 13.5. The zero-order chi connectivity index (χ0) is 21.3. The van der Waals surface area contributed by atoms with Crippen LogP contribution in [-0.4, -0.2) is 4.98 Å². The summed E-state index contributed by atoms with van der Waals surface area (Å²) in [6.07, 6.45) is 5.60. The van der Waals surface area contributed by atoms with E-state index in [1.165, 1.54) is 6.07 Å². The predicted octanol–water partition coefficient (Wildman–Crippen LogP) is 7.14. The molecule has 1 heterocycles. The highest BCUT2D eigenvalue weighted by molar-refractivity contribution is 5.71. The first-order chi connectivity index (χ1) is 14.6. The lowest BCUT2D eigenvalue weighted by atomic mass is 9.95. The molecule has 1 aromatic heterocycles. The number of hydrogen-bond acceptors (Lipinski definition) is 2. The number of pyridine rings is 1. The van der Waals surface area contributed by atoms with Crippen LogP contribution in [0.2, 0.25) is 0 Å². The predicted molar refractivity (Wildman–Crippen MR) is 121 cm³/mol. The largest absolute Gasteiger partial charge is 0.252 e. The van der Waals surface area contributed by atoms with Crippen LogP contribution in [0, 0.1) is 17.1 Å². The molecule has 3 heteroatoms. The summed E-state index contributed by atoms with van der Waals surface area (Å²) in [5.74, 6) is -0.200. The average Bonchev–Trinajstić information content (AvgIpc) is 2.77. The molecule has 0 atom stereocenters. The molecule has 0 unspecified atom stereocenters. The standard InChI is InChI=1S/C27H27FN2/c1-3-4-9-20(2)24-16-17-27(25-14-6-5-12-22(25)19-29)30-26(24)15-8-11-21-10-7-13-23(28)18-21/h5-7,10,12-14,16-18H,2-4,8-9,11,15H2,1H3. The number of nitriles is 1. The summed E-state index contributed by atoms with van der Waals surface area (Å²) in [4.78, 5) is 4.94. The molecule has 2 aromatic carbocycles. The summed E-state index contributed by atoms with van der Waals surface area (Å²) in [6.45, 7) is 6.47. The Morgan fingerprint density at radius 2 is 1.87 bits per heavy atom. The Morgan fingerprint density at radius 1 is 1.03 bits per heavy atom. The van der Waals surface area contributed by atoms with Crippen LogP contribution in [0.4, 0.5) is 4.39 Å². The van der Waals surface area contributed by atoms with Gasteiger partial charge in [0.05, 0.1) is 17.3 Å². The zero-order valence-electron chi connectivity index (χ0n) is 17.5. The summed E-state index contributed by atoms with van der Waals surface area (Å²) in [5.41, 5.74) is 6.46. The topological polar surface area (TPSA) is 36.7 Å². The Labute approximate surface area is 178 Å². The zero-order valence-corrected chi connectivity index (χ0v) is 17.5. The molecule has 0 aliphatic carbocycles. The number of hydrogen-bond donors (Lipinski definition) is 0. The number of allylic oxidation sites excluding steroid dienone is 1. The van der Waals surface area contributed by atoms with Crippen molar-refractivity contribution in [3.8, 4) is 17.3 Å². The van der Waals surface area contributed by atoms with Gasteiger partial charge in [-0.2, -0.15) is 5.26 Å². The molecule has 0 fully saturated rings. The molecule has 0 saturated carbocycles. The van der Waals surface area contributed by atoms with Crippen LogP contribution in [0.15, 0.2) is 67.2 Å². The van der Waals surface area contributed by atoms with E-state index >= 15 is 0 Å². The van der Waals surface area contributed by atoms with Crippen molar-refractivity contribution in [2.75, 3.05) is 0 Å². The van der Waals surface area contributed by atoms with Crippen LogP contribution in [-0.2, 0) is 12.8 Å². The van der Waals surface area contributed by atoms with Gasteiger partial charge in [-0.3, -0.25) is 4.98 Å². The van der Waals surface area contributed by atoms with Gasteiger partial charge in [0.25, 0.3) is 0 Å². The van der Waals surface area contributed by atoms with E-state index in [2.05, 4.69) is 25.6 Å². The van der Waals surface area contributed by atoms with E-state index < -0.39 is 0 Å². The molecule has 30 heavy (non-hydrogen) atoms. The lowest BCUT2D eigenvalue weighted by molar-refractivity contribution is 0.624. The summed E-state index contributed by atoms with van der Waals surface area (Å²) in [7, 11) is 0. The van der Waals surface area contributed by atoms with Crippen LogP contribution in [0.5, 0.6) is 0 Å². The van der Waals surface area contributed by atoms with Crippen molar-refractivity contribution < 1.29 is 4.39 Å². The molecule has 0 spiro atoms. The van der Waals surface area contributed by atoms with Crippen LogP contribution >= 0.6 is 0 Å². The van der Waals surface area contributed by atoms with E-state index in [0.29, 0.717) is 5.56 Å². The first-order valence-electron chi connectivity index (χ1n) is 10.5. The third-order valence-electron chi connectivity index (χ3n) is 5.28. The highest BCUT2D eigenvalue weighted by Gasteiger charge is 2.12. The Morgan fingerprint density at radius 3 is 2.63 bits per heavy atom. The molecule has 0 saturated heterocycles. The number of aromatic nitrogens is 1. The van der Waals surface area contributed by atoms with Gasteiger partial charge in [-0.1, -0.05) is 56.3 Å². The summed E-state index contributed by atoms with van der Waals surface area (Å²) < 4.78 is 13.5. The van der Waals surface area contributed by atoms with Gasteiger partial charge in [-0.05, 0) is 73.1 Å². The SMILES string of the molecule is C=C(CCCC)c1ccc(-c2ccccc2C#N)nc1CCCc1cccc(F)c1. The molecule has 3 rings (SSSR count). The Hall–Kier alpha value is -3.25. The smallest absolute Gasteiger partial charge is 0.123 e. The minimum atomic E-state index is -0.200. The first kappa shape index (κ1) is 21.5. The maximum atomic E-state index is 13.5. The third-order valence-corrected chi connectivity index (χ3v) is 5.28. The molecule has 0 N–H and O–H groups in total. The molecule has 0 aliphatic rings. The molecule has 2 nitrogen and oxygen atoms in total. The minimum Gasteiger partial charge on any atom is -0.252 e. The number of halogens is 1. The molecule has 0 bridgehead atoms. The van der Waals surface area contributed by atoms with Gasteiger partial charge in [-0.25, -0.2) is 4.39 Å². The van der Waals surface area contributed by atoms with E-state index in [1.807, 2.05) is 36.4 Å². The third kappa shape index (κ3) is 5.42. The number of benzene rings is 2. The van der Waals surface area contributed by atoms with Crippen molar-refractivity contribution in [2.45, 2.75) is 45.4 Å². The maximum Gasteiger partial charge on any atom is 0.123 e. The van der Waals surface area contributed by atoms with Crippen LogP contribution in [0.3, 0.4) is 0 Å². The Kier molecular flexibility index (Phi) is 7.51. The van der Waals surface area contributed by atoms with Crippen molar-refractivity contribution in [3.63, 3.8) is 0 Å². The van der Waals surface area contributed by atoms with E-state index in [1.54, 1.807) is 12.1 Å². The van der Waals surface area contributed by atoms with Gasteiger partial charge in [0.15, 0.2) is 0 Å². The molecule has 0 amide bonds. The van der Waals surface area contributed by atoms with Gasteiger partial charge in [0, 0.05) is 11.3 Å². The van der Waals surface area contributed by atoms with E-state index in [-0.39, 0.29) is 5.82 Å². The van der Waals surface area contributed by atoms with Crippen molar-refractivity contribution in [1.82, 2.24) is 4.98 Å². The van der Waals surface area contributed by atoms with E-state index in [9.17, 15) is 9.65 Å². The average molecular weight is 399 g/mol. The second-order valence-electron chi connectivity index (χ2n) is 7.54. The highest BCUT2D eigenvalue weighted by atomic mass is 19.1. The van der Waals surface area contributed by atoms with Gasteiger partial charge in [0.2, 0.25) is 0 Å². The van der Waals surface area contributed by atoms with Crippen molar-refractivity contribution in [3.05, 3.63) is 95.4 Å². The number of nitrogens with zero attached hydrogens (tertiary/aromatic N) is 2. The number of aryl methyl sites for hydroxylation is 2. The van der Waals surface area contributed by atoms with Gasteiger partial charge in [-0.15, -0.1) is 0 Å². The second-order valence-corrected chi connectivity index (χ2v) is 7.54. The van der Waals surface area contributed by atoms with Gasteiger partial charge < -0.3 is 0 Å². The van der Waals surface area contributed by atoms with Crippen LogP contribution in [0.25, 0.3) is 16.8 Å². The number of unbranched alkanes of at least 4 members (excludes halogenated alkanes) is 1. The number of rotatable bonds is 9. The normalized spacial score (nSPS) is 10.6. The molecule has 3 aromatic rings. The summed E-state index contributed by atoms with van der Waals surface area (Å²) in [5, 5.41) is 9.46. The van der Waals surface area contributed by atoms with Gasteiger partial charge >= 0.3 is 0 Å². The monoisotopic (exact) mass is 398 g/mol. The van der Waals surface area contributed by atoms with E-state index in [0.717, 1.165) is 72.2 Å². The lowest BCUT2D eigenvalue weighted by Crippen LogP contribution is -2.01. The van der Waals surface area contributed by atoms with Gasteiger partial charge in [0.1, 0.15) is 5.82 Å². The minimum absolute atomic E-state index is 0.200. The quantitative estimate of drug-likeness (QED) is 0.384. The Balaban J connectivity index is 1.88.